The zero-order valence-electron chi connectivity index (χ0n) is 11.4. The number of halogens is 4. The van der Waals surface area contributed by atoms with E-state index in [0.717, 1.165) is 0 Å². The van der Waals surface area contributed by atoms with Gasteiger partial charge in [-0.3, -0.25) is 0 Å². The van der Waals surface area contributed by atoms with E-state index in [-0.39, 0.29) is 12.2 Å². The van der Waals surface area contributed by atoms with Gasteiger partial charge in [-0.2, -0.15) is 23.3 Å². The summed E-state index contributed by atoms with van der Waals surface area (Å²) in [5, 5.41) is 14.5. The number of hydrazone groups is 1. The van der Waals surface area contributed by atoms with E-state index >= 15 is 0 Å². The second kappa shape index (κ2) is 5.77. The number of benzene rings is 1. The van der Waals surface area contributed by atoms with Gasteiger partial charge in [-0.05, 0) is 19.1 Å². The van der Waals surface area contributed by atoms with E-state index < -0.39 is 30.1 Å². The smallest absolute Gasteiger partial charge is 0.433 e. The van der Waals surface area contributed by atoms with Gasteiger partial charge in [-0.25, -0.2) is 4.79 Å². The van der Waals surface area contributed by atoms with Crippen molar-refractivity contribution >= 4 is 23.4 Å². The molecule has 0 saturated heterocycles. The highest BCUT2D eigenvalue weighted by molar-refractivity contribution is 6.30. The molecule has 0 fully saturated rings. The zero-order chi connectivity index (χ0) is 16.5. The molecule has 1 amide bonds. The third-order valence-electron chi connectivity index (χ3n) is 3.06. The molecule has 1 aliphatic rings. The van der Waals surface area contributed by atoms with Crippen molar-refractivity contribution in [2.45, 2.75) is 25.2 Å². The average Bonchev–Trinajstić information content (AvgIpc) is 2.79. The highest BCUT2D eigenvalue weighted by Gasteiger charge is 2.53. The summed E-state index contributed by atoms with van der Waals surface area (Å²) in [5.41, 5.74) is -3.49. The Balaban J connectivity index is 2.44. The minimum Gasteiger partial charge on any atom is -0.448 e. The van der Waals surface area contributed by atoms with Crippen LogP contribution in [0.1, 0.15) is 18.9 Å². The minimum atomic E-state index is -4.76. The van der Waals surface area contributed by atoms with Gasteiger partial charge in [-0.15, -0.1) is 0 Å². The predicted octanol–water partition coefficient (Wildman–Crippen LogP) is 3.27. The zero-order valence-corrected chi connectivity index (χ0v) is 12.1. The summed E-state index contributed by atoms with van der Waals surface area (Å²) < 4.78 is 43.2. The summed E-state index contributed by atoms with van der Waals surface area (Å²) in [6.45, 7) is 1.42. The maximum Gasteiger partial charge on any atom is 0.433 e. The molecule has 22 heavy (non-hydrogen) atoms. The van der Waals surface area contributed by atoms with Crippen LogP contribution in [0.25, 0.3) is 0 Å². The minimum absolute atomic E-state index is 0.0490. The molecule has 2 rings (SSSR count). The highest BCUT2D eigenvalue weighted by atomic mass is 35.5. The molecule has 1 atom stereocenters. The first kappa shape index (κ1) is 16.6. The largest absolute Gasteiger partial charge is 0.448 e. The van der Waals surface area contributed by atoms with Crippen molar-refractivity contribution in [1.82, 2.24) is 5.01 Å². The molecule has 0 bridgehead atoms. The Morgan fingerprint density at radius 2 is 2.05 bits per heavy atom. The van der Waals surface area contributed by atoms with Gasteiger partial charge in [-0.1, -0.05) is 23.7 Å². The Labute approximate surface area is 128 Å². The Hall–Kier alpha value is -1.80. The Morgan fingerprint density at radius 1 is 1.45 bits per heavy atom. The van der Waals surface area contributed by atoms with Gasteiger partial charge in [0.1, 0.15) is 5.71 Å². The maximum absolute atomic E-state index is 12.9. The first-order chi connectivity index (χ1) is 10.2. The first-order valence-electron chi connectivity index (χ1n) is 6.28. The van der Waals surface area contributed by atoms with Crippen molar-refractivity contribution in [3.63, 3.8) is 0 Å². The molecule has 1 aliphatic heterocycles. The fourth-order valence-electron chi connectivity index (χ4n) is 2.02. The average molecular weight is 337 g/mol. The second-order valence-electron chi connectivity index (χ2n) is 4.56. The second-order valence-corrected chi connectivity index (χ2v) is 4.99. The number of hydrogen-bond donors (Lipinski definition) is 1. The van der Waals surface area contributed by atoms with Gasteiger partial charge < -0.3 is 9.84 Å². The van der Waals surface area contributed by atoms with Gasteiger partial charge in [0.2, 0.25) is 0 Å². The first-order valence-corrected chi connectivity index (χ1v) is 6.66. The van der Waals surface area contributed by atoms with E-state index in [1.807, 2.05) is 0 Å². The highest BCUT2D eigenvalue weighted by Crippen LogP contribution is 2.40. The van der Waals surface area contributed by atoms with Gasteiger partial charge in [0.05, 0.1) is 13.0 Å². The summed E-state index contributed by atoms with van der Waals surface area (Å²) in [5.74, 6) is 0. The molecule has 120 valence electrons. The molecule has 0 aromatic heterocycles. The standard InChI is InChI=1S/C13H12ClF3N2O3/c1-2-22-11(20)19-12(21,7-10(18-19)13(15,16)17)8-3-5-9(14)6-4-8/h3-6,21H,2,7H2,1H3. The van der Waals surface area contributed by atoms with Gasteiger partial charge in [0.15, 0.2) is 5.72 Å². The molecule has 0 spiro atoms. The molecule has 1 N–H and O–H groups in total. The van der Waals surface area contributed by atoms with E-state index in [1.165, 1.54) is 31.2 Å². The number of carbonyl (C=O) groups is 1. The van der Waals surface area contributed by atoms with Crippen LogP contribution in [0.5, 0.6) is 0 Å². The van der Waals surface area contributed by atoms with Crippen molar-refractivity contribution < 1.29 is 27.8 Å². The van der Waals surface area contributed by atoms with Crippen molar-refractivity contribution in [3.05, 3.63) is 34.9 Å². The van der Waals surface area contributed by atoms with Crippen LogP contribution in [-0.4, -0.2) is 34.7 Å². The third-order valence-corrected chi connectivity index (χ3v) is 3.31. The molecule has 1 heterocycles. The molecule has 1 aromatic carbocycles. The predicted molar refractivity (Wildman–Crippen MR) is 72.3 cm³/mol. The van der Waals surface area contributed by atoms with E-state index in [4.69, 9.17) is 11.6 Å². The van der Waals surface area contributed by atoms with Gasteiger partial charge in [0, 0.05) is 10.6 Å². The van der Waals surface area contributed by atoms with Crippen LogP contribution in [0.2, 0.25) is 5.02 Å². The van der Waals surface area contributed by atoms with E-state index in [9.17, 15) is 23.1 Å². The number of rotatable bonds is 2. The molecule has 0 radical (unpaired) electrons. The number of carbonyl (C=O) groups excluding carboxylic acids is 1. The molecule has 0 aliphatic carbocycles. The van der Waals surface area contributed by atoms with Gasteiger partial charge >= 0.3 is 12.3 Å². The lowest BCUT2D eigenvalue weighted by Crippen LogP contribution is -2.44. The van der Waals surface area contributed by atoms with Crippen LogP contribution < -0.4 is 0 Å². The maximum atomic E-state index is 12.9. The fourth-order valence-corrected chi connectivity index (χ4v) is 2.15. The summed E-state index contributed by atoms with van der Waals surface area (Å²) in [4.78, 5) is 11.8. The molecular formula is C13H12ClF3N2O3. The molecular weight excluding hydrogens is 325 g/mol. The summed E-state index contributed by atoms with van der Waals surface area (Å²) in [6, 6.07) is 5.43. The molecule has 0 saturated carbocycles. The Kier molecular flexibility index (Phi) is 4.35. The van der Waals surface area contributed by atoms with Crippen molar-refractivity contribution in [2.24, 2.45) is 5.10 Å². The Morgan fingerprint density at radius 3 is 2.55 bits per heavy atom. The van der Waals surface area contributed by atoms with E-state index in [1.54, 1.807) is 0 Å². The number of alkyl halides is 3. The van der Waals surface area contributed by atoms with Crippen LogP contribution in [0, 0.1) is 0 Å². The number of amides is 1. The molecule has 1 unspecified atom stereocenters. The van der Waals surface area contributed by atoms with Crippen LogP contribution in [-0.2, 0) is 10.5 Å². The van der Waals surface area contributed by atoms with E-state index in [0.29, 0.717) is 10.0 Å². The molecule has 9 heteroatoms. The number of nitrogens with zero attached hydrogens (tertiary/aromatic N) is 2. The number of ether oxygens (including phenoxy) is 1. The van der Waals surface area contributed by atoms with Crippen LogP contribution in [0.4, 0.5) is 18.0 Å². The topological polar surface area (TPSA) is 62.1 Å². The number of hydrogen-bond acceptors (Lipinski definition) is 4. The van der Waals surface area contributed by atoms with E-state index in [2.05, 4.69) is 9.84 Å². The van der Waals surface area contributed by atoms with Crippen LogP contribution in [0.15, 0.2) is 29.4 Å². The molecule has 1 aromatic rings. The quantitative estimate of drug-likeness (QED) is 0.901. The number of aliphatic hydroxyl groups is 1. The van der Waals surface area contributed by atoms with Crippen molar-refractivity contribution in [3.8, 4) is 0 Å². The third kappa shape index (κ3) is 3.02. The lowest BCUT2D eigenvalue weighted by molar-refractivity contribution is -0.0889. The fraction of sp³-hybridized carbons (Fsp3) is 0.385. The van der Waals surface area contributed by atoms with Crippen molar-refractivity contribution in [1.29, 1.82) is 0 Å². The lowest BCUT2D eigenvalue weighted by Gasteiger charge is -2.30. The van der Waals surface area contributed by atoms with Crippen LogP contribution >= 0.6 is 11.6 Å². The monoisotopic (exact) mass is 336 g/mol. The molecule has 5 nitrogen and oxygen atoms in total. The Bertz CT molecular complexity index is 604. The summed E-state index contributed by atoms with van der Waals surface area (Å²) in [7, 11) is 0. The van der Waals surface area contributed by atoms with Gasteiger partial charge in [0.25, 0.3) is 0 Å². The SMILES string of the molecule is CCOC(=O)N1N=C(C(F)(F)F)CC1(O)c1ccc(Cl)cc1. The summed E-state index contributed by atoms with van der Waals surface area (Å²) >= 11 is 5.72. The summed E-state index contributed by atoms with van der Waals surface area (Å²) in [6.07, 6.45) is -6.82. The van der Waals surface area contributed by atoms with Crippen molar-refractivity contribution in [2.75, 3.05) is 6.61 Å². The lowest BCUT2D eigenvalue weighted by atomic mass is 9.97. The normalized spacial score (nSPS) is 21.7. The van der Waals surface area contributed by atoms with Crippen LogP contribution in [0.3, 0.4) is 0 Å².